The second-order valence-electron chi connectivity index (χ2n) is 6.82. The smallest absolute Gasteiger partial charge is 0.352 e. The van der Waals surface area contributed by atoms with Gasteiger partial charge >= 0.3 is 6.18 Å². The van der Waals surface area contributed by atoms with Crippen molar-refractivity contribution in [3.8, 4) is 0 Å². The summed E-state index contributed by atoms with van der Waals surface area (Å²) < 4.78 is 37.5. The maximum atomic E-state index is 12.5. The van der Waals surface area contributed by atoms with Crippen molar-refractivity contribution in [3.05, 3.63) is 0 Å². The third-order valence-corrected chi connectivity index (χ3v) is 4.14. The first-order chi connectivity index (χ1) is 9.00. The molecule has 0 spiro atoms. The number of carbonyl (C=O) groups excluding carboxylic acids is 1. The van der Waals surface area contributed by atoms with Gasteiger partial charge in [-0.1, -0.05) is 27.7 Å². The quantitative estimate of drug-likeness (QED) is 0.840. The minimum Gasteiger partial charge on any atom is -0.352 e. The summed E-state index contributed by atoms with van der Waals surface area (Å²) in [4.78, 5) is 11.9. The van der Waals surface area contributed by atoms with Crippen molar-refractivity contribution in [2.24, 2.45) is 11.3 Å². The second-order valence-corrected chi connectivity index (χ2v) is 6.82. The molecule has 0 bridgehead atoms. The van der Waals surface area contributed by atoms with Crippen molar-refractivity contribution >= 4 is 5.91 Å². The highest BCUT2D eigenvalue weighted by Gasteiger charge is 2.41. The first-order valence-corrected chi connectivity index (χ1v) is 7.09. The molecular weight excluding hydrogens is 269 g/mol. The van der Waals surface area contributed by atoms with Crippen LogP contribution in [0.1, 0.15) is 47.0 Å². The van der Waals surface area contributed by atoms with Crippen LogP contribution in [0.2, 0.25) is 0 Å². The molecule has 3 nitrogen and oxygen atoms in total. The molecule has 1 aliphatic rings. The lowest BCUT2D eigenvalue weighted by Crippen LogP contribution is -2.54. The van der Waals surface area contributed by atoms with Gasteiger partial charge in [-0.25, -0.2) is 0 Å². The van der Waals surface area contributed by atoms with Crippen LogP contribution < -0.4 is 10.6 Å². The van der Waals surface area contributed by atoms with Gasteiger partial charge in [-0.05, 0) is 24.2 Å². The molecule has 6 heteroatoms. The summed E-state index contributed by atoms with van der Waals surface area (Å²) in [7, 11) is 0. The van der Waals surface area contributed by atoms with E-state index in [0.717, 1.165) is 0 Å². The molecule has 1 fully saturated rings. The zero-order valence-electron chi connectivity index (χ0n) is 12.6. The van der Waals surface area contributed by atoms with E-state index in [4.69, 9.17) is 0 Å². The number of halogens is 3. The number of nitrogens with one attached hydrogen (secondary N) is 2. The minimum absolute atomic E-state index is 0.0171. The van der Waals surface area contributed by atoms with Crippen LogP contribution in [-0.2, 0) is 4.79 Å². The first kappa shape index (κ1) is 17.3. The van der Waals surface area contributed by atoms with E-state index in [0.29, 0.717) is 12.8 Å². The average Bonchev–Trinajstić information content (AvgIpc) is 2.26. The lowest BCUT2D eigenvalue weighted by atomic mass is 9.80. The van der Waals surface area contributed by atoms with Crippen molar-refractivity contribution in [1.29, 1.82) is 0 Å². The number of alkyl halides is 3. The molecule has 0 radical (unpaired) electrons. The number of rotatable bonds is 3. The zero-order chi connectivity index (χ0) is 15.6. The standard InChI is InChI=1S/C14H25F3N2O/c1-9(13(2,3)4)7-12(20)19-10-5-6-11(18-8-10)14(15,16)17/h9-11,18H,5-8H2,1-4H3,(H,19,20). The maximum Gasteiger partial charge on any atom is 0.403 e. The zero-order valence-corrected chi connectivity index (χ0v) is 12.6. The molecule has 1 saturated heterocycles. The molecule has 2 N–H and O–H groups in total. The summed E-state index contributed by atoms with van der Waals surface area (Å²) >= 11 is 0. The van der Waals surface area contributed by atoms with E-state index in [9.17, 15) is 18.0 Å². The fourth-order valence-corrected chi connectivity index (χ4v) is 2.13. The van der Waals surface area contributed by atoms with Gasteiger partial charge in [0, 0.05) is 19.0 Å². The van der Waals surface area contributed by atoms with Crippen LogP contribution in [0.25, 0.3) is 0 Å². The molecule has 1 rings (SSSR count). The van der Waals surface area contributed by atoms with Gasteiger partial charge < -0.3 is 10.6 Å². The number of hydrogen-bond acceptors (Lipinski definition) is 2. The van der Waals surface area contributed by atoms with Crippen molar-refractivity contribution in [2.45, 2.75) is 65.2 Å². The van der Waals surface area contributed by atoms with Gasteiger partial charge in [0.05, 0.1) is 0 Å². The van der Waals surface area contributed by atoms with E-state index < -0.39 is 12.2 Å². The first-order valence-electron chi connectivity index (χ1n) is 7.09. The Morgan fingerprint density at radius 1 is 1.30 bits per heavy atom. The van der Waals surface area contributed by atoms with Gasteiger partial charge in [-0.15, -0.1) is 0 Å². The minimum atomic E-state index is -4.20. The van der Waals surface area contributed by atoms with Gasteiger partial charge in [-0.3, -0.25) is 4.79 Å². The third-order valence-electron chi connectivity index (χ3n) is 4.14. The third kappa shape index (κ3) is 5.31. The Hall–Kier alpha value is -0.780. The molecule has 0 saturated carbocycles. The van der Waals surface area contributed by atoms with Crippen LogP contribution in [0.4, 0.5) is 13.2 Å². The van der Waals surface area contributed by atoms with Gasteiger partial charge in [0.15, 0.2) is 0 Å². The highest BCUT2D eigenvalue weighted by atomic mass is 19.4. The Morgan fingerprint density at radius 3 is 2.30 bits per heavy atom. The molecule has 0 aromatic heterocycles. The van der Waals surface area contributed by atoms with E-state index >= 15 is 0 Å². The summed E-state index contributed by atoms with van der Waals surface area (Å²) in [5, 5.41) is 5.28. The topological polar surface area (TPSA) is 41.1 Å². The number of amides is 1. The molecule has 3 atom stereocenters. The molecule has 3 unspecified atom stereocenters. The van der Waals surface area contributed by atoms with Crippen molar-refractivity contribution in [3.63, 3.8) is 0 Å². The Balaban J connectivity index is 2.35. The summed E-state index contributed by atoms with van der Waals surface area (Å²) in [5.41, 5.74) is 0.0452. The maximum absolute atomic E-state index is 12.5. The van der Waals surface area contributed by atoms with Gasteiger partial charge in [0.25, 0.3) is 0 Å². The second kappa shape index (κ2) is 6.33. The van der Waals surface area contributed by atoms with Crippen LogP contribution >= 0.6 is 0 Å². The molecule has 1 aliphatic heterocycles. The summed E-state index contributed by atoms with van der Waals surface area (Å²) in [5.74, 6) is 0.145. The van der Waals surface area contributed by atoms with E-state index in [1.807, 2.05) is 6.92 Å². The summed E-state index contributed by atoms with van der Waals surface area (Å²) in [6, 6.07) is -1.64. The Bertz CT molecular complexity index is 328. The summed E-state index contributed by atoms with van der Waals surface area (Å²) in [6.07, 6.45) is -3.41. The van der Waals surface area contributed by atoms with E-state index in [1.54, 1.807) is 0 Å². The molecule has 0 aliphatic carbocycles. The normalized spacial score (nSPS) is 26.1. The van der Waals surface area contributed by atoms with Gasteiger partial charge in [0.2, 0.25) is 5.91 Å². The lowest BCUT2D eigenvalue weighted by Gasteiger charge is -2.32. The van der Waals surface area contributed by atoms with E-state index in [-0.39, 0.29) is 36.2 Å². The Morgan fingerprint density at radius 2 is 1.90 bits per heavy atom. The predicted molar refractivity (Wildman–Crippen MR) is 72.2 cm³/mol. The Labute approximate surface area is 118 Å². The molecule has 118 valence electrons. The molecular formula is C14H25F3N2O. The molecule has 0 aromatic carbocycles. The Kier molecular flexibility index (Phi) is 5.46. The number of carbonyl (C=O) groups is 1. The average molecular weight is 294 g/mol. The highest BCUT2D eigenvalue weighted by Crippen LogP contribution is 2.28. The SMILES string of the molecule is CC(CC(=O)NC1CCC(C(F)(F)F)NC1)C(C)(C)C. The van der Waals surface area contributed by atoms with Crippen molar-refractivity contribution in [1.82, 2.24) is 10.6 Å². The van der Waals surface area contributed by atoms with Crippen LogP contribution in [0, 0.1) is 11.3 Å². The van der Waals surface area contributed by atoms with E-state index in [1.165, 1.54) is 0 Å². The molecule has 1 heterocycles. The van der Waals surface area contributed by atoms with Gasteiger partial charge in [0.1, 0.15) is 6.04 Å². The largest absolute Gasteiger partial charge is 0.403 e. The highest BCUT2D eigenvalue weighted by molar-refractivity contribution is 5.76. The van der Waals surface area contributed by atoms with Gasteiger partial charge in [-0.2, -0.15) is 13.2 Å². The monoisotopic (exact) mass is 294 g/mol. The fourth-order valence-electron chi connectivity index (χ4n) is 2.13. The molecule has 0 aromatic rings. The lowest BCUT2D eigenvalue weighted by molar-refractivity contribution is -0.161. The molecule has 20 heavy (non-hydrogen) atoms. The fraction of sp³-hybridized carbons (Fsp3) is 0.929. The number of piperidine rings is 1. The van der Waals surface area contributed by atoms with Crippen LogP contribution in [0.5, 0.6) is 0 Å². The van der Waals surface area contributed by atoms with Crippen LogP contribution in [0.15, 0.2) is 0 Å². The van der Waals surface area contributed by atoms with Crippen LogP contribution in [0.3, 0.4) is 0 Å². The molecule has 1 amide bonds. The van der Waals surface area contributed by atoms with Crippen molar-refractivity contribution < 1.29 is 18.0 Å². The predicted octanol–water partition coefficient (Wildman–Crippen LogP) is 2.86. The number of hydrogen-bond donors (Lipinski definition) is 2. The van der Waals surface area contributed by atoms with Crippen molar-refractivity contribution in [2.75, 3.05) is 6.54 Å². The van der Waals surface area contributed by atoms with Crippen LogP contribution in [-0.4, -0.2) is 30.7 Å². The van der Waals surface area contributed by atoms with E-state index in [2.05, 4.69) is 31.4 Å². The summed E-state index contributed by atoms with van der Waals surface area (Å²) in [6.45, 7) is 8.40.